The van der Waals surface area contributed by atoms with Gasteiger partial charge in [-0.05, 0) is 91.8 Å². The van der Waals surface area contributed by atoms with E-state index in [9.17, 15) is 19.5 Å². The van der Waals surface area contributed by atoms with Crippen molar-refractivity contribution in [2.75, 3.05) is 67.9 Å². The standard InChI is InChI=1S/C47H54FN9O4/c1-2-31-29-57(40-14-13-36(26-38(31)40)56-23-17-43(59)50-46(56)61)35-15-21-53(22-16-35)30-47(48)18-24-54(25-19-47)45(60)33-11-9-32(10-12-33)34-6-5-20-55(28-34)41-27-39(51-52-44(41)49)37-7-3-4-8-42(37)58/h3-4,7-14,26-27,29,34-35,58H,2,5-6,15-25,28,30H2,1H3,(H2,49,52)(H,50,59,61)/t34-/m0/s1. The van der Waals surface area contributed by atoms with Crippen LogP contribution in [0.15, 0.2) is 79.0 Å². The van der Waals surface area contributed by atoms with Gasteiger partial charge in [0.05, 0.1) is 11.4 Å². The molecule has 4 saturated heterocycles. The summed E-state index contributed by atoms with van der Waals surface area (Å²) < 4.78 is 18.8. The predicted octanol–water partition coefficient (Wildman–Crippen LogP) is 7.06. The first kappa shape index (κ1) is 40.4. The summed E-state index contributed by atoms with van der Waals surface area (Å²) in [6.07, 6.45) is 7.82. The molecule has 1 atom stereocenters. The molecule has 9 rings (SSSR count). The second-order valence-corrected chi connectivity index (χ2v) is 17.2. The van der Waals surface area contributed by atoms with Gasteiger partial charge in [-0.25, -0.2) is 9.18 Å². The lowest BCUT2D eigenvalue weighted by Crippen LogP contribution is -2.51. The van der Waals surface area contributed by atoms with Crippen LogP contribution in [0.25, 0.3) is 22.2 Å². The summed E-state index contributed by atoms with van der Waals surface area (Å²) in [6.45, 7) is 6.83. The van der Waals surface area contributed by atoms with Crippen molar-refractivity contribution in [3.63, 3.8) is 0 Å². The Morgan fingerprint density at radius 1 is 0.934 bits per heavy atom. The molecule has 4 amide bonds. The van der Waals surface area contributed by atoms with Crippen molar-refractivity contribution in [1.29, 1.82) is 0 Å². The molecule has 4 fully saturated rings. The fourth-order valence-electron chi connectivity index (χ4n) is 9.92. The lowest BCUT2D eigenvalue weighted by atomic mass is 9.89. The molecule has 0 spiro atoms. The molecule has 4 aliphatic rings. The molecule has 6 heterocycles. The van der Waals surface area contributed by atoms with E-state index in [1.165, 1.54) is 5.56 Å². The number of piperidine rings is 3. The number of aromatic hydroxyl groups is 1. The number of imide groups is 1. The van der Waals surface area contributed by atoms with Gasteiger partial charge in [-0.15, -0.1) is 10.2 Å². The van der Waals surface area contributed by atoms with Crippen LogP contribution in [0.4, 0.5) is 26.4 Å². The number of nitrogens with two attached hydrogens (primary N) is 1. The number of aryl methyl sites for hydroxylation is 1. The molecule has 0 saturated carbocycles. The van der Waals surface area contributed by atoms with E-state index < -0.39 is 5.67 Å². The third-order valence-electron chi connectivity index (χ3n) is 13.4. The first-order valence-electron chi connectivity index (χ1n) is 21.8. The fraction of sp³-hybridized carbons (Fsp3) is 0.426. The van der Waals surface area contributed by atoms with Crippen LogP contribution in [0, 0.1) is 0 Å². The normalized spacial score (nSPS) is 20.3. The topological polar surface area (TPSA) is 153 Å². The highest BCUT2D eigenvalue weighted by molar-refractivity contribution is 6.06. The van der Waals surface area contributed by atoms with Gasteiger partial charge < -0.3 is 30.1 Å². The number of halogens is 1. The number of hydrogen-bond donors (Lipinski definition) is 3. The largest absolute Gasteiger partial charge is 0.507 e. The predicted molar refractivity (Wildman–Crippen MR) is 235 cm³/mol. The summed E-state index contributed by atoms with van der Waals surface area (Å²) >= 11 is 0. The minimum Gasteiger partial charge on any atom is -0.507 e. The van der Waals surface area contributed by atoms with Gasteiger partial charge in [-0.3, -0.25) is 19.8 Å². The molecule has 4 aliphatic heterocycles. The van der Waals surface area contributed by atoms with E-state index in [-0.39, 0.29) is 35.9 Å². The quantitative estimate of drug-likeness (QED) is 0.142. The molecule has 13 nitrogen and oxygen atoms in total. The minimum absolute atomic E-state index is 0.0566. The minimum atomic E-state index is -1.34. The highest BCUT2D eigenvalue weighted by Gasteiger charge is 2.39. The summed E-state index contributed by atoms with van der Waals surface area (Å²) in [5.74, 6) is 0.421. The zero-order valence-corrected chi connectivity index (χ0v) is 34.7. The molecule has 61 heavy (non-hydrogen) atoms. The summed E-state index contributed by atoms with van der Waals surface area (Å²) in [4.78, 5) is 45.8. The number of nitrogen functional groups attached to an aromatic ring is 1. The smallest absolute Gasteiger partial charge is 0.328 e. The third kappa shape index (κ3) is 8.25. The average Bonchev–Trinajstić information content (AvgIpc) is 3.65. The number of alkyl halides is 1. The number of amides is 4. The van der Waals surface area contributed by atoms with E-state index in [0.29, 0.717) is 67.7 Å². The molecule has 0 radical (unpaired) electrons. The zero-order chi connectivity index (χ0) is 42.3. The molecule has 14 heteroatoms. The van der Waals surface area contributed by atoms with Crippen molar-refractivity contribution >= 4 is 45.9 Å². The van der Waals surface area contributed by atoms with E-state index in [1.54, 1.807) is 21.9 Å². The van der Waals surface area contributed by atoms with E-state index >= 15 is 4.39 Å². The second kappa shape index (κ2) is 16.8. The maximum Gasteiger partial charge on any atom is 0.328 e. The number of nitrogens with zero attached hydrogens (tertiary/aromatic N) is 7. The summed E-state index contributed by atoms with van der Waals surface area (Å²) in [5, 5.41) is 22.4. The van der Waals surface area contributed by atoms with Gasteiger partial charge in [0.15, 0.2) is 5.82 Å². The Balaban J connectivity index is 0.773. The van der Waals surface area contributed by atoms with Gasteiger partial charge in [-0.1, -0.05) is 31.2 Å². The van der Waals surface area contributed by atoms with Crippen LogP contribution in [-0.2, 0) is 11.2 Å². The van der Waals surface area contributed by atoms with E-state index in [4.69, 9.17) is 5.73 Å². The number of aromatic nitrogens is 3. The van der Waals surface area contributed by atoms with Gasteiger partial charge in [0, 0.05) is 117 Å². The van der Waals surface area contributed by atoms with Crippen LogP contribution in [0.2, 0.25) is 0 Å². The number of phenolic OH excluding ortho intramolecular Hbond substituents is 1. The number of phenols is 1. The Labute approximate surface area is 355 Å². The van der Waals surface area contributed by atoms with Crippen LogP contribution in [0.5, 0.6) is 5.75 Å². The molecule has 3 aromatic carbocycles. The number of carbonyl (C=O) groups is 3. The lowest BCUT2D eigenvalue weighted by molar-refractivity contribution is -0.120. The highest BCUT2D eigenvalue weighted by Crippen LogP contribution is 2.38. The Kier molecular flexibility index (Phi) is 11.1. The number of para-hydroxylation sites is 1. The van der Waals surface area contributed by atoms with Gasteiger partial charge in [0.1, 0.15) is 11.4 Å². The summed E-state index contributed by atoms with van der Waals surface area (Å²) in [7, 11) is 0. The molecule has 0 aliphatic carbocycles. The van der Waals surface area contributed by atoms with E-state index in [0.717, 1.165) is 86.1 Å². The van der Waals surface area contributed by atoms with Crippen LogP contribution in [-0.4, -0.2) is 106 Å². The molecule has 4 N–H and O–H groups in total. The molecule has 318 valence electrons. The SMILES string of the molecule is CCc1cn(C2CCN(CC3(F)CCN(C(=O)c4ccc([C@H]5CCCN(c6cc(-c7ccccc7O)nnc6N)C5)cc4)CC3)CC2)c2ccc(N3CCC(=O)NC3=O)cc12. The van der Waals surface area contributed by atoms with Gasteiger partial charge in [0.25, 0.3) is 5.91 Å². The number of nitrogens with one attached hydrogen (secondary N) is 1. The van der Waals surface area contributed by atoms with Crippen LogP contribution < -0.4 is 20.9 Å². The van der Waals surface area contributed by atoms with Crippen molar-refractivity contribution in [3.8, 4) is 17.0 Å². The zero-order valence-electron chi connectivity index (χ0n) is 34.7. The van der Waals surface area contributed by atoms with Crippen LogP contribution in [0.1, 0.15) is 85.3 Å². The molecule has 2 aromatic heterocycles. The van der Waals surface area contributed by atoms with Crippen LogP contribution >= 0.6 is 0 Å². The molecular formula is C47H54FN9O4. The van der Waals surface area contributed by atoms with Crippen molar-refractivity contribution in [3.05, 3.63) is 95.7 Å². The number of carbonyl (C=O) groups excluding carboxylic acids is 3. The second-order valence-electron chi connectivity index (χ2n) is 17.2. The highest BCUT2D eigenvalue weighted by atomic mass is 19.1. The van der Waals surface area contributed by atoms with E-state index in [2.05, 4.69) is 55.1 Å². The average molecular weight is 828 g/mol. The third-order valence-corrected chi connectivity index (χ3v) is 13.4. The molecule has 0 unspecified atom stereocenters. The summed E-state index contributed by atoms with van der Waals surface area (Å²) in [6, 6.07) is 22.9. The Morgan fingerprint density at radius 3 is 2.44 bits per heavy atom. The number of hydrogen-bond acceptors (Lipinski definition) is 9. The van der Waals surface area contributed by atoms with Gasteiger partial charge in [0.2, 0.25) is 5.91 Å². The number of likely N-dealkylation sites (tertiary alicyclic amines) is 2. The Morgan fingerprint density at radius 2 is 1.70 bits per heavy atom. The van der Waals surface area contributed by atoms with Crippen molar-refractivity contribution < 1.29 is 23.9 Å². The molecular weight excluding hydrogens is 774 g/mol. The van der Waals surface area contributed by atoms with Crippen molar-refractivity contribution in [1.82, 2.24) is 29.9 Å². The molecule has 0 bridgehead atoms. The maximum absolute atomic E-state index is 16.4. The number of fused-ring (bicyclic) bond motifs is 1. The van der Waals surface area contributed by atoms with Crippen molar-refractivity contribution in [2.24, 2.45) is 0 Å². The summed E-state index contributed by atoms with van der Waals surface area (Å²) in [5.41, 5.74) is 11.8. The van der Waals surface area contributed by atoms with Gasteiger partial charge in [-0.2, -0.15) is 0 Å². The first-order chi connectivity index (χ1) is 29.6. The molecule has 5 aromatic rings. The number of rotatable bonds is 9. The van der Waals surface area contributed by atoms with Gasteiger partial charge >= 0.3 is 6.03 Å². The number of anilines is 3. The number of benzene rings is 3. The first-order valence-corrected chi connectivity index (χ1v) is 21.8. The monoisotopic (exact) mass is 827 g/mol. The van der Waals surface area contributed by atoms with Crippen molar-refractivity contribution in [2.45, 2.75) is 75.9 Å². The van der Waals surface area contributed by atoms with Crippen LogP contribution in [0.3, 0.4) is 0 Å². The van der Waals surface area contributed by atoms with E-state index in [1.807, 2.05) is 48.5 Å². The Hall–Kier alpha value is -6.02. The fourth-order valence-corrected chi connectivity index (χ4v) is 9.92. The maximum atomic E-state index is 16.4. The Bertz CT molecular complexity index is 2440. The lowest BCUT2D eigenvalue weighted by Gasteiger charge is -2.41. The number of urea groups is 1.